The molecule has 0 aliphatic rings. The number of halogens is 1. The van der Waals surface area contributed by atoms with Crippen LogP contribution >= 0.6 is 22.9 Å². The number of fused-ring (bicyclic) bond motifs is 1. The number of thiophene rings is 1. The average Bonchev–Trinajstić information content (AvgIpc) is 3.02. The Morgan fingerprint density at radius 2 is 2.05 bits per heavy atom. The number of hydrogen-bond acceptors (Lipinski definition) is 2. The molecule has 1 N–H and O–H groups in total. The zero-order chi connectivity index (χ0) is 14.8. The van der Waals surface area contributed by atoms with Crippen LogP contribution in [-0.2, 0) is 17.8 Å². The van der Waals surface area contributed by atoms with Gasteiger partial charge in [0.1, 0.15) is 0 Å². The van der Waals surface area contributed by atoms with Crippen LogP contribution in [0.25, 0.3) is 10.9 Å². The highest BCUT2D eigenvalue weighted by Gasteiger charge is 2.10. The van der Waals surface area contributed by atoms with Crippen LogP contribution in [0.1, 0.15) is 16.9 Å². The molecular weight excluding hydrogens is 306 g/mol. The van der Waals surface area contributed by atoms with E-state index in [-0.39, 0.29) is 6.42 Å². The van der Waals surface area contributed by atoms with Gasteiger partial charge in [-0.15, -0.1) is 11.3 Å². The number of carbonyl (C=O) groups is 1. The summed E-state index contributed by atoms with van der Waals surface area (Å²) in [6.07, 6.45) is 2.76. The number of hydrogen-bond donors (Lipinski definition) is 1. The monoisotopic (exact) mass is 319 g/mol. The smallest absolute Gasteiger partial charge is 0.303 e. The van der Waals surface area contributed by atoms with Gasteiger partial charge in [0.2, 0.25) is 0 Å². The number of carboxylic acids is 1. The number of aryl methyl sites for hydroxylation is 1. The molecule has 3 nitrogen and oxygen atoms in total. The maximum absolute atomic E-state index is 10.8. The van der Waals surface area contributed by atoms with Gasteiger partial charge < -0.3 is 9.67 Å². The van der Waals surface area contributed by atoms with Crippen LogP contribution in [0.4, 0.5) is 0 Å². The second-order valence-electron chi connectivity index (χ2n) is 4.90. The number of aromatic nitrogens is 1. The largest absolute Gasteiger partial charge is 0.481 e. The zero-order valence-corrected chi connectivity index (χ0v) is 12.8. The molecule has 2 aromatic heterocycles. The van der Waals surface area contributed by atoms with Crippen molar-refractivity contribution < 1.29 is 9.90 Å². The average molecular weight is 320 g/mol. The van der Waals surface area contributed by atoms with Gasteiger partial charge in [-0.1, -0.05) is 29.8 Å². The fraction of sp³-hybridized carbons (Fsp3) is 0.188. The first-order valence-corrected chi connectivity index (χ1v) is 7.85. The number of aliphatic carboxylic acids is 1. The second-order valence-corrected chi connectivity index (χ2v) is 6.70. The summed E-state index contributed by atoms with van der Waals surface area (Å²) in [5.41, 5.74) is 2.21. The molecule has 0 unspecified atom stereocenters. The molecule has 0 radical (unpaired) electrons. The Hall–Kier alpha value is -1.78. The van der Waals surface area contributed by atoms with Crippen molar-refractivity contribution in [2.24, 2.45) is 0 Å². The molecule has 2 heterocycles. The van der Waals surface area contributed by atoms with Crippen molar-refractivity contribution in [2.75, 3.05) is 0 Å². The van der Waals surface area contributed by atoms with Gasteiger partial charge in [-0.3, -0.25) is 4.79 Å². The number of nitrogens with zero attached hydrogens (tertiary/aromatic N) is 1. The lowest BCUT2D eigenvalue weighted by Gasteiger charge is -2.02. The van der Waals surface area contributed by atoms with Crippen LogP contribution in [-0.4, -0.2) is 15.6 Å². The second kappa shape index (κ2) is 5.92. The van der Waals surface area contributed by atoms with Crippen LogP contribution in [0.3, 0.4) is 0 Å². The Bertz CT molecular complexity index is 791. The quantitative estimate of drug-likeness (QED) is 0.756. The summed E-state index contributed by atoms with van der Waals surface area (Å²) in [4.78, 5) is 12.0. The maximum Gasteiger partial charge on any atom is 0.303 e. The third-order valence-electron chi connectivity index (χ3n) is 3.43. The first-order chi connectivity index (χ1) is 10.1. The van der Waals surface area contributed by atoms with Crippen molar-refractivity contribution in [1.82, 2.24) is 4.57 Å². The fourth-order valence-electron chi connectivity index (χ4n) is 2.50. The third kappa shape index (κ3) is 3.12. The predicted octanol–water partition coefficient (Wildman–Crippen LogP) is 4.42. The highest BCUT2D eigenvalue weighted by molar-refractivity contribution is 7.16. The maximum atomic E-state index is 10.8. The lowest BCUT2D eigenvalue weighted by atomic mass is 10.1. The van der Waals surface area contributed by atoms with Crippen LogP contribution < -0.4 is 0 Å². The van der Waals surface area contributed by atoms with E-state index in [1.807, 2.05) is 30.3 Å². The molecular formula is C16H14ClNO2S. The molecule has 0 fully saturated rings. The highest BCUT2D eigenvalue weighted by Crippen LogP contribution is 2.27. The first kappa shape index (κ1) is 14.2. The molecule has 0 aliphatic carbocycles. The Balaban J connectivity index is 1.96. The summed E-state index contributed by atoms with van der Waals surface area (Å²) in [6, 6.07) is 12.0. The van der Waals surface area contributed by atoms with E-state index in [0.717, 1.165) is 27.3 Å². The molecule has 21 heavy (non-hydrogen) atoms. The van der Waals surface area contributed by atoms with Gasteiger partial charge >= 0.3 is 5.97 Å². The molecule has 108 valence electrons. The minimum atomic E-state index is -0.767. The molecule has 0 bridgehead atoms. The van der Waals surface area contributed by atoms with Crippen molar-refractivity contribution in [1.29, 1.82) is 0 Å². The molecule has 0 spiro atoms. The molecule has 0 saturated carbocycles. The Kier molecular flexibility index (Phi) is 3.99. The van der Waals surface area contributed by atoms with Crippen molar-refractivity contribution in [2.45, 2.75) is 19.4 Å². The zero-order valence-electron chi connectivity index (χ0n) is 11.3. The van der Waals surface area contributed by atoms with E-state index in [4.69, 9.17) is 16.7 Å². The lowest BCUT2D eigenvalue weighted by molar-refractivity contribution is -0.136. The van der Waals surface area contributed by atoms with Crippen LogP contribution in [0, 0.1) is 0 Å². The van der Waals surface area contributed by atoms with Gasteiger partial charge in [-0.25, -0.2) is 0 Å². The number of carboxylic acid groups (broad SMARTS) is 1. The van der Waals surface area contributed by atoms with Gasteiger partial charge in [0, 0.05) is 28.4 Å². The van der Waals surface area contributed by atoms with Gasteiger partial charge in [-0.2, -0.15) is 0 Å². The summed E-state index contributed by atoms with van der Waals surface area (Å²) < 4.78 is 2.95. The molecule has 0 atom stereocenters. The van der Waals surface area contributed by atoms with E-state index < -0.39 is 5.97 Å². The predicted molar refractivity (Wildman–Crippen MR) is 86.3 cm³/mol. The van der Waals surface area contributed by atoms with Crippen LogP contribution in [0.2, 0.25) is 4.34 Å². The van der Waals surface area contributed by atoms with Crippen molar-refractivity contribution in [3.8, 4) is 0 Å². The van der Waals surface area contributed by atoms with Crippen LogP contribution in [0.5, 0.6) is 0 Å². The summed E-state index contributed by atoms with van der Waals surface area (Å²) in [7, 11) is 0. The van der Waals surface area contributed by atoms with E-state index >= 15 is 0 Å². The normalized spacial score (nSPS) is 11.1. The minimum absolute atomic E-state index is 0.152. The molecule has 1 aromatic carbocycles. The highest BCUT2D eigenvalue weighted by atomic mass is 35.5. The van der Waals surface area contributed by atoms with Gasteiger partial charge in [0.25, 0.3) is 0 Å². The Morgan fingerprint density at radius 1 is 1.24 bits per heavy atom. The van der Waals surface area contributed by atoms with E-state index in [2.05, 4.69) is 16.8 Å². The summed E-state index contributed by atoms with van der Waals surface area (Å²) in [6.45, 7) is 0.755. The third-order valence-corrected chi connectivity index (χ3v) is 4.65. The van der Waals surface area contributed by atoms with Gasteiger partial charge in [-0.05, 0) is 30.2 Å². The first-order valence-electron chi connectivity index (χ1n) is 6.66. The SMILES string of the molecule is O=C(O)CCc1cn(Cc2ccc(Cl)s2)c2ccccc12. The topological polar surface area (TPSA) is 42.2 Å². The molecule has 0 aliphatic heterocycles. The van der Waals surface area contributed by atoms with E-state index in [9.17, 15) is 4.79 Å². The molecule has 3 rings (SSSR count). The molecule has 3 aromatic rings. The number of para-hydroxylation sites is 1. The molecule has 0 saturated heterocycles. The van der Waals surface area contributed by atoms with Crippen molar-refractivity contribution >= 4 is 39.8 Å². The summed E-state index contributed by atoms with van der Waals surface area (Å²) in [5, 5.41) is 10.00. The molecule has 5 heteroatoms. The van der Waals surface area contributed by atoms with Crippen LogP contribution in [0.15, 0.2) is 42.6 Å². The van der Waals surface area contributed by atoms with Crippen molar-refractivity contribution in [3.05, 3.63) is 57.4 Å². The van der Waals surface area contributed by atoms with E-state index in [1.54, 1.807) is 11.3 Å². The number of rotatable bonds is 5. The van der Waals surface area contributed by atoms with E-state index in [1.165, 1.54) is 4.88 Å². The minimum Gasteiger partial charge on any atom is -0.481 e. The van der Waals surface area contributed by atoms with Gasteiger partial charge in [0.15, 0.2) is 0 Å². The standard InChI is InChI=1S/C16H14ClNO2S/c17-15-7-6-12(21-15)10-18-9-11(5-8-16(19)20)13-3-1-2-4-14(13)18/h1-4,6-7,9H,5,8,10H2,(H,19,20). The Labute approximate surface area is 131 Å². The van der Waals surface area contributed by atoms with Crippen molar-refractivity contribution in [3.63, 3.8) is 0 Å². The Morgan fingerprint density at radius 3 is 2.76 bits per heavy atom. The van der Waals surface area contributed by atoms with Gasteiger partial charge in [0.05, 0.1) is 10.9 Å². The lowest BCUT2D eigenvalue weighted by Crippen LogP contribution is -1.97. The fourth-order valence-corrected chi connectivity index (χ4v) is 3.59. The summed E-state index contributed by atoms with van der Waals surface area (Å²) >= 11 is 7.55. The van der Waals surface area contributed by atoms with E-state index in [0.29, 0.717) is 6.42 Å². The number of benzene rings is 1. The molecule has 0 amide bonds. The summed E-state index contributed by atoms with van der Waals surface area (Å²) in [5.74, 6) is -0.767.